The molecular weight excluding hydrogens is 694 g/mol. The molecule has 6 N–H and O–H groups in total. The molecule has 0 atom stereocenters. The Bertz CT molecular complexity index is 1880. The van der Waals surface area contributed by atoms with Crippen LogP contribution in [-0.2, 0) is 29.5 Å². The van der Waals surface area contributed by atoms with Crippen LogP contribution in [0.1, 0.15) is 90.2 Å². The van der Waals surface area contributed by atoms with Gasteiger partial charge in [0.05, 0.1) is 16.0 Å². The Hall–Kier alpha value is -3.63. The largest absolute Gasteiger partial charge is 0.481 e. The van der Waals surface area contributed by atoms with Crippen molar-refractivity contribution in [2.75, 3.05) is 18.0 Å². The van der Waals surface area contributed by atoms with Crippen molar-refractivity contribution in [1.82, 2.24) is 0 Å². The number of carboxylic acid groups (broad SMARTS) is 2. The molecule has 0 spiro atoms. The van der Waals surface area contributed by atoms with Crippen molar-refractivity contribution in [3.63, 3.8) is 0 Å². The fourth-order valence-corrected chi connectivity index (χ4v) is 8.11. The van der Waals surface area contributed by atoms with Gasteiger partial charge < -0.3 is 34.7 Å². The van der Waals surface area contributed by atoms with E-state index in [-0.39, 0.29) is 23.5 Å². The Labute approximate surface area is 298 Å². The monoisotopic (exact) mass is 743 g/mol. The summed E-state index contributed by atoms with van der Waals surface area (Å²) in [5.74, 6) is -1.67. The molecule has 0 amide bonds. The van der Waals surface area contributed by atoms with Gasteiger partial charge in [0.15, 0.2) is 5.71 Å². The number of allylic oxidation sites excluding steroid dienone is 6. The van der Waals surface area contributed by atoms with Crippen LogP contribution in [0.15, 0.2) is 72.5 Å². The zero-order valence-corrected chi connectivity index (χ0v) is 31.3. The second-order valence-corrected chi connectivity index (χ2v) is 17.3. The van der Waals surface area contributed by atoms with Crippen LogP contribution in [0, 0.1) is 0 Å². The number of benzene rings is 2. The van der Waals surface area contributed by atoms with Crippen LogP contribution in [0.2, 0.25) is 0 Å². The van der Waals surface area contributed by atoms with Crippen molar-refractivity contribution in [2.45, 2.75) is 89.9 Å². The molecule has 12 nitrogen and oxygen atoms in total. The quantitative estimate of drug-likeness (QED) is 0.0500. The third kappa shape index (κ3) is 9.43. The number of hydrogen-bond donors (Lipinski definition) is 6. The summed E-state index contributed by atoms with van der Waals surface area (Å²) >= 11 is 0. The Kier molecular flexibility index (Phi) is 12.6. The van der Waals surface area contributed by atoms with Crippen molar-refractivity contribution >= 4 is 54.8 Å². The van der Waals surface area contributed by atoms with Crippen molar-refractivity contribution < 1.29 is 53.1 Å². The lowest BCUT2D eigenvalue weighted by Crippen LogP contribution is -2.28. The average Bonchev–Trinajstić information content (AvgIpc) is 3.37. The summed E-state index contributed by atoms with van der Waals surface area (Å²) in [6.07, 6.45) is 13.8. The zero-order valence-electron chi connectivity index (χ0n) is 29.5. The van der Waals surface area contributed by atoms with Gasteiger partial charge in [-0.05, 0) is 81.5 Å². The Balaban J connectivity index is 1.65. The van der Waals surface area contributed by atoms with Crippen LogP contribution in [-0.4, -0.2) is 65.1 Å². The van der Waals surface area contributed by atoms with Gasteiger partial charge in [0.1, 0.15) is 6.54 Å². The molecule has 2 aliphatic rings. The van der Waals surface area contributed by atoms with Gasteiger partial charge in [-0.2, -0.15) is 4.58 Å². The van der Waals surface area contributed by atoms with Gasteiger partial charge in [-0.25, -0.2) is 0 Å². The summed E-state index contributed by atoms with van der Waals surface area (Å²) < 4.78 is 26.3. The van der Waals surface area contributed by atoms with Gasteiger partial charge in [0.2, 0.25) is 5.69 Å². The van der Waals surface area contributed by atoms with Crippen molar-refractivity contribution in [2.24, 2.45) is 0 Å². The van der Waals surface area contributed by atoms with Crippen molar-refractivity contribution in [3.05, 3.63) is 83.6 Å². The van der Waals surface area contributed by atoms with Crippen LogP contribution in [0.4, 0.5) is 11.4 Å². The number of unbranched alkanes of at least 4 members (excludes halogenated alkanes) is 4. The fourth-order valence-electron chi connectivity index (χ4n) is 6.97. The predicted octanol–water partition coefficient (Wildman–Crippen LogP) is 5.75. The first-order valence-corrected chi connectivity index (χ1v) is 20.3. The predicted molar refractivity (Wildman–Crippen MR) is 198 cm³/mol. The summed E-state index contributed by atoms with van der Waals surface area (Å²) in [6.45, 7) is 9.22. The zero-order chi connectivity index (χ0) is 37.8. The lowest BCUT2D eigenvalue weighted by Gasteiger charge is -2.27. The lowest BCUT2D eigenvalue weighted by molar-refractivity contribution is -0.438. The van der Waals surface area contributed by atoms with Crippen LogP contribution in [0.5, 0.6) is 0 Å². The van der Waals surface area contributed by atoms with E-state index in [2.05, 4.69) is 9.48 Å². The van der Waals surface area contributed by atoms with Gasteiger partial charge >= 0.3 is 27.1 Å². The Morgan fingerprint density at radius 2 is 1.29 bits per heavy atom. The van der Waals surface area contributed by atoms with E-state index in [1.807, 2.05) is 58.1 Å². The third-order valence-corrected chi connectivity index (χ3v) is 11.6. The molecule has 4 rings (SSSR count). The minimum Gasteiger partial charge on any atom is -0.481 e. The molecule has 0 unspecified atom stereocenters. The van der Waals surface area contributed by atoms with E-state index in [0.717, 1.165) is 46.8 Å². The highest BCUT2D eigenvalue weighted by atomic mass is 31.2. The molecule has 2 aromatic carbocycles. The molecule has 0 saturated carbocycles. The molecule has 2 aromatic rings. The van der Waals surface area contributed by atoms with E-state index < -0.39 is 38.0 Å². The van der Waals surface area contributed by atoms with Gasteiger partial charge in [-0.15, -0.1) is 0 Å². The minimum atomic E-state index is -4.48. The number of aliphatic carboxylic acids is 2. The fraction of sp³-hybridized carbons (Fsp3) is 0.432. The number of hydrogen-bond acceptors (Lipinski definition) is 5. The van der Waals surface area contributed by atoms with E-state index in [1.165, 1.54) is 12.1 Å². The molecule has 0 radical (unpaired) electrons. The first kappa shape index (κ1) is 40.1. The van der Waals surface area contributed by atoms with Crippen LogP contribution >= 0.6 is 15.2 Å². The number of fused-ring (bicyclic) bond motifs is 2. The van der Waals surface area contributed by atoms with Crippen molar-refractivity contribution in [1.29, 1.82) is 0 Å². The number of carbonyl (C=O) groups is 2. The Morgan fingerprint density at radius 1 is 0.725 bits per heavy atom. The first-order chi connectivity index (χ1) is 23.8. The van der Waals surface area contributed by atoms with Crippen LogP contribution < -0.4 is 15.5 Å². The van der Waals surface area contributed by atoms with E-state index in [4.69, 9.17) is 10.2 Å². The number of carboxylic acids is 2. The maximum atomic E-state index is 12.1. The van der Waals surface area contributed by atoms with E-state index in [9.17, 15) is 38.3 Å². The molecule has 0 aliphatic carbocycles. The SMILES string of the molecule is CC1(C)C(/C=C/C=C/C=C2\N(CCCCCC(=O)O)c3ccc(P(=O)(O)O)cc3C2(C)C)=[N+](CCCCCC(=O)O)c2ccc(P(=O)(O)O)cc21. The summed E-state index contributed by atoms with van der Waals surface area (Å²) in [5, 5.41) is 17.9. The molecule has 0 fully saturated rings. The molecule has 0 saturated heterocycles. The smallest absolute Gasteiger partial charge is 0.356 e. The summed E-state index contributed by atoms with van der Waals surface area (Å²) in [4.78, 5) is 63.6. The normalized spacial score (nSPS) is 17.6. The molecule has 0 bridgehead atoms. The number of anilines is 1. The number of nitrogens with zero attached hydrogens (tertiary/aromatic N) is 2. The second-order valence-electron chi connectivity index (χ2n) is 14.1. The first-order valence-electron chi connectivity index (χ1n) is 17.1. The van der Waals surface area contributed by atoms with Gasteiger partial charge in [0.25, 0.3) is 0 Å². The molecule has 2 heterocycles. The highest BCUT2D eigenvalue weighted by Gasteiger charge is 2.45. The highest BCUT2D eigenvalue weighted by Crippen LogP contribution is 2.49. The van der Waals surface area contributed by atoms with Gasteiger partial charge in [0, 0.05) is 60.3 Å². The summed E-state index contributed by atoms with van der Waals surface area (Å²) in [6, 6.07) is 9.52. The van der Waals surface area contributed by atoms with E-state index >= 15 is 0 Å². The van der Waals surface area contributed by atoms with Crippen molar-refractivity contribution in [3.8, 4) is 0 Å². The summed E-state index contributed by atoms with van der Waals surface area (Å²) in [5.41, 5.74) is 3.95. The van der Waals surface area contributed by atoms with E-state index in [0.29, 0.717) is 38.8 Å². The molecule has 2 aliphatic heterocycles. The molecule has 14 heteroatoms. The molecular formula is C37H49N2O10P2+. The molecule has 276 valence electrons. The maximum Gasteiger partial charge on any atom is 0.356 e. The average molecular weight is 744 g/mol. The Morgan fingerprint density at radius 3 is 1.88 bits per heavy atom. The second kappa shape index (κ2) is 15.9. The topological polar surface area (TPSA) is 196 Å². The third-order valence-electron chi connectivity index (χ3n) is 9.70. The molecule has 0 aromatic heterocycles. The number of rotatable bonds is 17. The lowest BCUT2D eigenvalue weighted by atomic mass is 9.81. The van der Waals surface area contributed by atoms with E-state index in [1.54, 1.807) is 24.3 Å². The highest BCUT2D eigenvalue weighted by molar-refractivity contribution is 7.60. The maximum absolute atomic E-state index is 12.1. The summed E-state index contributed by atoms with van der Waals surface area (Å²) in [7, 11) is -8.95. The van der Waals surface area contributed by atoms with Crippen LogP contribution in [0.25, 0.3) is 0 Å². The van der Waals surface area contributed by atoms with Crippen LogP contribution in [0.3, 0.4) is 0 Å². The van der Waals surface area contributed by atoms with Gasteiger partial charge in [-0.3, -0.25) is 18.7 Å². The molecule has 51 heavy (non-hydrogen) atoms. The standard InChI is InChI=1S/C37H48N2O10P2/c1-36(2)28-24-26(50(44,45)46)18-20-30(28)38(22-12-6-10-16-34(40)41)32(36)14-8-5-9-15-33-37(3,4)29-25-27(51(47,48)49)19-21-31(29)39(33)23-13-7-11-17-35(42)43/h5,8-9,14-15,18-21,24-25H,6-7,10-13,16-17,22-23H2,1-4H3,(H5-,40,41,42,43,44,45,46,47,48,49)/p+1. The minimum absolute atomic E-state index is 0.0491. The van der Waals surface area contributed by atoms with Gasteiger partial charge in [-0.1, -0.05) is 38.5 Å².